The fourth-order valence-corrected chi connectivity index (χ4v) is 1.61. The van der Waals surface area contributed by atoms with E-state index in [9.17, 15) is 0 Å². The van der Waals surface area contributed by atoms with Gasteiger partial charge in [-0.3, -0.25) is 4.98 Å². The van der Waals surface area contributed by atoms with E-state index in [0.29, 0.717) is 11.5 Å². The first-order valence-electron chi connectivity index (χ1n) is 5.19. The third-order valence-electron chi connectivity index (χ3n) is 2.23. The molecule has 0 aliphatic heterocycles. The van der Waals surface area contributed by atoms with E-state index < -0.39 is 0 Å². The van der Waals surface area contributed by atoms with Crippen molar-refractivity contribution >= 4 is 11.5 Å². The number of aromatic nitrogens is 1. The highest BCUT2D eigenvalue weighted by atomic mass is 16.4. The van der Waals surface area contributed by atoms with E-state index in [4.69, 9.17) is 10.9 Å². The maximum absolute atomic E-state index is 8.70. The fraction of sp³-hybridized carbons (Fsp3) is 0.455. The number of oxime groups is 1. The van der Waals surface area contributed by atoms with Crippen LogP contribution in [0.3, 0.4) is 0 Å². The number of nitrogens with zero attached hydrogens (tertiary/aromatic N) is 3. The van der Waals surface area contributed by atoms with Crippen molar-refractivity contribution in [2.45, 2.75) is 13.8 Å². The molecule has 0 saturated heterocycles. The Morgan fingerprint density at radius 1 is 1.62 bits per heavy atom. The minimum atomic E-state index is 0.105. The molecule has 3 N–H and O–H groups in total. The summed E-state index contributed by atoms with van der Waals surface area (Å²) in [6.45, 7) is 5.16. The molecule has 0 aliphatic rings. The molecule has 5 nitrogen and oxygen atoms in total. The van der Waals surface area contributed by atoms with Gasteiger partial charge in [0.25, 0.3) is 0 Å². The number of anilines is 1. The average molecular weight is 222 g/mol. The molecule has 1 aromatic heterocycles. The van der Waals surface area contributed by atoms with Crippen molar-refractivity contribution in [2.75, 3.05) is 18.5 Å². The zero-order chi connectivity index (χ0) is 12.1. The van der Waals surface area contributed by atoms with Gasteiger partial charge < -0.3 is 15.8 Å². The second-order valence-electron chi connectivity index (χ2n) is 4.15. The summed E-state index contributed by atoms with van der Waals surface area (Å²) in [6.07, 6.45) is 3.34. The van der Waals surface area contributed by atoms with Gasteiger partial charge in [-0.25, -0.2) is 0 Å². The Hall–Kier alpha value is -1.78. The third kappa shape index (κ3) is 2.85. The maximum atomic E-state index is 8.70. The van der Waals surface area contributed by atoms with E-state index >= 15 is 0 Å². The number of pyridine rings is 1. The molecule has 0 saturated carbocycles. The van der Waals surface area contributed by atoms with E-state index in [1.54, 1.807) is 18.5 Å². The molecule has 0 amide bonds. The Bertz CT molecular complexity index is 376. The lowest BCUT2D eigenvalue weighted by molar-refractivity contribution is 0.318. The topological polar surface area (TPSA) is 74.7 Å². The second kappa shape index (κ2) is 5.34. The van der Waals surface area contributed by atoms with Crippen molar-refractivity contribution in [3.63, 3.8) is 0 Å². The SMILES string of the molecule is CC(C)CN(C)c1cnccc1/C(N)=N/O. The lowest BCUT2D eigenvalue weighted by Gasteiger charge is -2.23. The van der Waals surface area contributed by atoms with Gasteiger partial charge in [0.1, 0.15) is 0 Å². The van der Waals surface area contributed by atoms with Gasteiger partial charge >= 0.3 is 0 Å². The van der Waals surface area contributed by atoms with Crippen molar-refractivity contribution in [1.29, 1.82) is 0 Å². The van der Waals surface area contributed by atoms with E-state index in [2.05, 4.69) is 24.0 Å². The minimum Gasteiger partial charge on any atom is -0.409 e. The fourth-order valence-electron chi connectivity index (χ4n) is 1.61. The van der Waals surface area contributed by atoms with Crippen LogP contribution in [0, 0.1) is 5.92 Å². The predicted molar refractivity (Wildman–Crippen MR) is 64.9 cm³/mol. The highest BCUT2D eigenvalue weighted by molar-refractivity contribution is 6.01. The van der Waals surface area contributed by atoms with Crippen molar-refractivity contribution in [2.24, 2.45) is 16.8 Å². The van der Waals surface area contributed by atoms with Crippen LogP contribution in [-0.4, -0.2) is 29.6 Å². The summed E-state index contributed by atoms with van der Waals surface area (Å²) >= 11 is 0. The van der Waals surface area contributed by atoms with Gasteiger partial charge in [0.2, 0.25) is 0 Å². The first-order chi connectivity index (χ1) is 7.56. The Kier molecular flexibility index (Phi) is 4.10. The van der Waals surface area contributed by atoms with Crippen molar-refractivity contribution in [3.05, 3.63) is 24.0 Å². The van der Waals surface area contributed by atoms with Crippen LogP contribution in [0.5, 0.6) is 0 Å². The van der Waals surface area contributed by atoms with Crippen LogP contribution in [0.25, 0.3) is 0 Å². The second-order valence-corrected chi connectivity index (χ2v) is 4.15. The largest absolute Gasteiger partial charge is 0.409 e. The molecule has 1 rings (SSSR count). The Morgan fingerprint density at radius 2 is 2.31 bits per heavy atom. The lowest BCUT2D eigenvalue weighted by atomic mass is 10.1. The Labute approximate surface area is 95.6 Å². The molecule has 0 fully saturated rings. The van der Waals surface area contributed by atoms with Crippen LogP contribution in [-0.2, 0) is 0 Å². The monoisotopic (exact) mass is 222 g/mol. The summed E-state index contributed by atoms with van der Waals surface area (Å²) < 4.78 is 0. The van der Waals surface area contributed by atoms with Crippen LogP contribution in [0.1, 0.15) is 19.4 Å². The molecule has 1 heterocycles. The number of amidine groups is 1. The van der Waals surface area contributed by atoms with E-state index in [1.807, 2.05) is 11.9 Å². The van der Waals surface area contributed by atoms with Crippen molar-refractivity contribution < 1.29 is 5.21 Å². The van der Waals surface area contributed by atoms with Crippen molar-refractivity contribution in [1.82, 2.24) is 4.98 Å². The molecule has 0 aliphatic carbocycles. The highest BCUT2D eigenvalue weighted by Gasteiger charge is 2.11. The normalized spacial score (nSPS) is 11.9. The standard InChI is InChI=1S/C11H18N4O/c1-8(2)7-15(3)10-6-13-5-4-9(10)11(12)14-16/h4-6,8,16H,7H2,1-3H3,(H2,12,14). The maximum Gasteiger partial charge on any atom is 0.172 e. The number of rotatable bonds is 4. The molecule has 16 heavy (non-hydrogen) atoms. The summed E-state index contributed by atoms with van der Waals surface area (Å²) in [7, 11) is 1.96. The number of hydrogen-bond donors (Lipinski definition) is 2. The molecule has 0 atom stereocenters. The van der Waals surface area contributed by atoms with E-state index in [-0.39, 0.29) is 5.84 Å². The summed E-state index contributed by atoms with van der Waals surface area (Å²) in [6, 6.07) is 1.74. The third-order valence-corrected chi connectivity index (χ3v) is 2.23. The molecule has 0 unspecified atom stereocenters. The van der Waals surface area contributed by atoms with Gasteiger partial charge in [0.05, 0.1) is 11.9 Å². The summed E-state index contributed by atoms with van der Waals surface area (Å²) in [5, 5.41) is 11.7. The number of nitrogens with two attached hydrogens (primary N) is 1. The van der Waals surface area contributed by atoms with Gasteiger partial charge in [0, 0.05) is 25.4 Å². The van der Waals surface area contributed by atoms with Gasteiger partial charge in [-0.2, -0.15) is 0 Å². The first-order valence-corrected chi connectivity index (χ1v) is 5.19. The van der Waals surface area contributed by atoms with E-state index in [0.717, 1.165) is 12.2 Å². The Balaban J connectivity index is 3.03. The smallest absolute Gasteiger partial charge is 0.172 e. The van der Waals surface area contributed by atoms with Crippen LogP contribution < -0.4 is 10.6 Å². The summed E-state index contributed by atoms with van der Waals surface area (Å²) in [4.78, 5) is 6.10. The van der Waals surface area contributed by atoms with Gasteiger partial charge in [-0.1, -0.05) is 19.0 Å². The van der Waals surface area contributed by atoms with Gasteiger partial charge in [0.15, 0.2) is 5.84 Å². The number of hydrogen-bond acceptors (Lipinski definition) is 4. The molecule has 0 spiro atoms. The summed E-state index contributed by atoms with van der Waals surface area (Å²) in [5.41, 5.74) is 7.17. The molecule has 0 aromatic carbocycles. The van der Waals surface area contributed by atoms with Gasteiger partial charge in [-0.15, -0.1) is 0 Å². The highest BCUT2D eigenvalue weighted by Crippen LogP contribution is 2.18. The molecular formula is C11H18N4O. The molecule has 88 valence electrons. The van der Waals surface area contributed by atoms with Gasteiger partial charge in [-0.05, 0) is 12.0 Å². The quantitative estimate of drug-likeness (QED) is 0.348. The lowest BCUT2D eigenvalue weighted by Crippen LogP contribution is -2.26. The van der Waals surface area contributed by atoms with Crippen LogP contribution in [0.15, 0.2) is 23.6 Å². The predicted octanol–water partition coefficient (Wildman–Crippen LogP) is 1.27. The molecule has 0 radical (unpaired) electrons. The molecule has 0 bridgehead atoms. The Morgan fingerprint density at radius 3 is 2.88 bits per heavy atom. The zero-order valence-electron chi connectivity index (χ0n) is 9.88. The molecular weight excluding hydrogens is 204 g/mol. The van der Waals surface area contributed by atoms with Crippen LogP contribution in [0.2, 0.25) is 0 Å². The van der Waals surface area contributed by atoms with Crippen LogP contribution >= 0.6 is 0 Å². The van der Waals surface area contributed by atoms with Crippen LogP contribution in [0.4, 0.5) is 5.69 Å². The van der Waals surface area contributed by atoms with E-state index in [1.165, 1.54) is 0 Å². The van der Waals surface area contributed by atoms with Crippen molar-refractivity contribution in [3.8, 4) is 0 Å². The summed E-state index contributed by atoms with van der Waals surface area (Å²) in [5.74, 6) is 0.637. The minimum absolute atomic E-state index is 0.105. The first kappa shape index (κ1) is 12.3. The molecule has 5 heteroatoms. The zero-order valence-corrected chi connectivity index (χ0v) is 9.88. The average Bonchev–Trinajstić information content (AvgIpc) is 2.27. The molecule has 1 aromatic rings.